The molecule has 2 rings (SSSR count). The fourth-order valence-electron chi connectivity index (χ4n) is 2.28. The zero-order valence-corrected chi connectivity index (χ0v) is 11.3. The summed E-state index contributed by atoms with van der Waals surface area (Å²) < 4.78 is 5.76. The number of aryl methyl sites for hydroxylation is 2. The first kappa shape index (κ1) is 13.4. The van der Waals surface area contributed by atoms with Crippen LogP contribution in [0.2, 0.25) is 0 Å². The summed E-state index contributed by atoms with van der Waals surface area (Å²) in [7, 11) is 0. The number of hydrogen-bond acceptors (Lipinski definition) is 3. The van der Waals surface area contributed by atoms with E-state index in [4.69, 9.17) is 4.74 Å². The van der Waals surface area contributed by atoms with Crippen LogP contribution in [-0.2, 0) is 0 Å². The molecule has 1 atom stereocenters. The van der Waals surface area contributed by atoms with Crippen molar-refractivity contribution in [2.24, 2.45) is 0 Å². The van der Waals surface area contributed by atoms with E-state index in [9.17, 15) is 5.11 Å². The van der Waals surface area contributed by atoms with Crippen molar-refractivity contribution in [2.45, 2.75) is 38.7 Å². The summed E-state index contributed by atoms with van der Waals surface area (Å²) in [5.74, 6) is 0.851. The molecule has 18 heavy (non-hydrogen) atoms. The van der Waals surface area contributed by atoms with Crippen molar-refractivity contribution < 1.29 is 9.84 Å². The minimum Gasteiger partial charge on any atom is -0.491 e. The van der Waals surface area contributed by atoms with Gasteiger partial charge in [0.25, 0.3) is 0 Å². The highest BCUT2D eigenvalue weighted by Crippen LogP contribution is 2.22. The first-order valence-electron chi connectivity index (χ1n) is 6.72. The van der Waals surface area contributed by atoms with Gasteiger partial charge in [-0.1, -0.05) is 6.07 Å². The number of nitrogens with one attached hydrogen (secondary N) is 1. The quantitative estimate of drug-likeness (QED) is 0.863. The third kappa shape index (κ3) is 3.47. The molecule has 1 aliphatic heterocycles. The molecular weight excluding hydrogens is 226 g/mol. The van der Waals surface area contributed by atoms with Crippen molar-refractivity contribution in [3.05, 3.63) is 29.3 Å². The fraction of sp³-hybridized carbons (Fsp3) is 0.600. The highest BCUT2D eigenvalue weighted by Gasteiger charge is 2.28. The SMILES string of the molecule is Cc1ccc(OCC2(O)CCCNCC2)cc1C. The van der Waals surface area contributed by atoms with E-state index in [0.717, 1.165) is 38.1 Å². The van der Waals surface area contributed by atoms with Crippen molar-refractivity contribution in [2.75, 3.05) is 19.7 Å². The summed E-state index contributed by atoms with van der Waals surface area (Å²) in [6, 6.07) is 6.07. The van der Waals surface area contributed by atoms with Crippen LogP contribution in [0.1, 0.15) is 30.4 Å². The van der Waals surface area contributed by atoms with Gasteiger partial charge >= 0.3 is 0 Å². The van der Waals surface area contributed by atoms with Gasteiger partial charge in [0.15, 0.2) is 0 Å². The molecule has 1 aromatic rings. The van der Waals surface area contributed by atoms with Crippen LogP contribution in [0.3, 0.4) is 0 Å². The Morgan fingerprint density at radius 3 is 2.83 bits per heavy atom. The van der Waals surface area contributed by atoms with Crippen molar-refractivity contribution >= 4 is 0 Å². The molecule has 0 saturated carbocycles. The van der Waals surface area contributed by atoms with Crippen molar-refractivity contribution in [1.82, 2.24) is 5.32 Å². The normalized spacial score (nSPS) is 24.6. The van der Waals surface area contributed by atoms with E-state index >= 15 is 0 Å². The number of benzene rings is 1. The number of hydrogen-bond donors (Lipinski definition) is 2. The molecule has 0 amide bonds. The monoisotopic (exact) mass is 249 g/mol. The molecule has 2 N–H and O–H groups in total. The Kier molecular flexibility index (Phi) is 4.25. The molecule has 0 bridgehead atoms. The minimum atomic E-state index is -0.678. The lowest BCUT2D eigenvalue weighted by atomic mass is 9.96. The molecular formula is C15H23NO2. The number of aliphatic hydroxyl groups is 1. The van der Waals surface area contributed by atoms with Crippen LogP contribution in [0.4, 0.5) is 0 Å². The molecule has 0 spiro atoms. The third-order valence-corrected chi connectivity index (χ3v) is 3.75. The van der Waals surface area contributed by atoms with Crippen molar-refractivity contribution in [3.63, 3.8) is 0 Å². The maximum absolute atomic E-state index is 10.5. The maximum Gasteiger partial charge on any atom is 0.119 e. The van der Waals surface area contributed by atoms with Crippen LogP contribution < -0.4 is 10.1 Å². The molecule has 1 heterocycles. The first-order chi connectivity index (χ1) is 8.59. The van der Waals surface area contributed by atoms with Gasteiger partial charge < -0.3 is 15.2 Å². The van der Waals surface area contributed by atoms with Gasteiger partial charge in [-0.05, 0) is 69.5 Å². The van der Waals surface area contributed by atoms with E-state index in [1.807, 2.05) is 12.1 Å². The highest BCUT2D eigenvalue weighted by molar-refractivity contribution is 5.33. The van der Waals surface area contributed by atoms with Gasteiger partial charge in [0, 0.05) is 0 Å². The van der Waals surface area contributed by atoms with E-state index in [1.165, 1.54) is 11.1 Å². The number of rotatable bonds is 3. The molecule has 1 aromatic carbocycles. The lowest BCUT2D eigenvalue weighted by Gasteiger charge is -2.26. The second-order valence-corrected chi connectivity index (χ2v) is 5.36. The van der Waals surface area contributed by atoms with E-state index < -0.39 is 5.60 Å². The van der Waals surface area contributed by atoms with Gasteiger partial charge in [-0.2, -0.15) is 0 Å². The van der Waals surface area contributed by atoms with Crippen LogP contribution in [0.5, 0.6) is 5.75 Å². The number of ether oxygens (including phenoxy) is 1. The molecule has 1 unspecified atom stereocenters. The van der Waals surface area contributed by atoms with E-state index in [-0.39, 0.29) is 0 Å². The minimum absolute atomic E-state index is 0.386. The molecule has 1 aliphatic rings. The Hall–Kier alpha value is -1.06. The van der Waals surface area contributed by atoms with Crippen molar-refractivity contribution in [3.8, 4) is 5.75 Å². The lowest BCUT2D eigenvalue weighted by molar-refractivity contribution is -0.0147. The zero-order valence-electron chi connectivity index (χ0n) is 11.3. The molecule has 1 saturated heterocycles. The van der Waals surface area contributed by atoms with Gasteiger partial charge in [-0.3, -0.25) is 0 Å². The highest BCUT2D eigenvalue weighted by atomic mass is 16.5. The van der Waals surface area contributed by atoms with Crippen LogP contribution in [0.15, 0.2) is 18.2 Å². The van der Waals surface area contributed by atoms with Crippen LogP contribution >= 0.6 is 0 Å². The molecule has 3 heteroatoms. The lowest BCUT2D eigenvalue weighted by Crippen LogP contribution is -2.36. The zero-order chi connectivity index (χ0) is 13.0. The summed E-state index contributed by atoms with van der Waals surface area (Å²) >= 11 is 0. The van der Waals surface area contributed by atoms with E-state index in [0.29, 0.717) is 6.61 Å². The molecule has 100 valence electrons. The Bertz CT molecular complexity index is 395. The van der Waals surface area contributed by atoms with Gasteiger partial charge in [-0.15, -0.1) is 0 Å². The first-order valence-corrected chi connectivity index (χ1v) is 6.72. The van der Waals surface area contributed by atoms with Gasteiger partial charge in [-0.25, -0.2) is 0 Å². The Morgan fingerprint density at radius 1 is 1.22 bits per heavy atom. The summed E-state index contributed by atoms with van der Waals surface area (Å²) in [6.07, 6.45) is 2.58. The largest absolute Gasteiger partial charge is 0.491 e. The average molecular weight is 249 g/mol. The Morgan fingerprint density at radius 2 is 2.06 bits per heavy atom. The van der Waals surface area contributed by atoms with Crippen molar-refractivity contribution in [1.29, 1.82) is 0 Å². The summed E-state index contributed by atoms with van der Waals surface area (Å²) in [4.78, 5) is 0. The van der Waals surface area contributed by atoms with Gasteiger partial charge in [0.1, 0.15) is 12.4 Å². The molecule has 0 radical (unpaired) electrons. The topological polar surface area (TPSA) is 41.5 Å². The van der Waals surface area contributed by atoms with Crippen LogP contribution in [0, 0.1) is 13.8 Å². The van der Waals surface area contributed by atoms with Gasteiger partial charge in [0.05, 0.1) is 5.60 Å². The molecule has 1 fully saturated rings. The Balaban J connectivity index is 1.95. The standard InChI is InChI=1S/C15H23NO2/c1-12-4-5-14(10-13(12)2)18-11-15(17)6-3-8-16-9-7-15/h4-5,10,16-17H,3,6-9,11H2,1-2H3. The summed E-state index contributed by atoms with van der Waals surface area (Å²) in [6.45, 7) is 6.41. The smallest absolute Gasteiger partial charge is 0.119 e. The predicted octanol–water partition coefficient (Wildman–Crippen LogP) is 2.19. The summed E-state index contributed by atoms with van der Waals surface area (Å²) in [5, 5.41) is 13.8. The van der Waals surface area contributed by atoms with E-state index in [1.54, 1.807) is 0 Å². The average Bonchev–Trinajstić information content (AvgIpc) is 2.56. The Labute approximate surface area is 109 Å². The van der Waals surface area contributed by atoms with Crippen LogP contribution in [-0.4, -0.2) is 30.4 Å². The molecule has 0 aliphatic carbocycles. The second kappa shape index (κ2) is 5.72. The fourth-order valence-corrected chi connectivity index (χ4v) is 2.28. The molecule has 0 aromatic heterocycles. The third-order valence-electron chi connectivity index (χ3n) is 3.75. The second-order valence-electron chi connectivity index (χ2n) is 5.36. The van der Waals surface area contributed by atoms with Crippen LogP contribution in [0.25, 0.3) is 0 Å². The van der Waals surface area contributed by atoms with Gasteiger partial charge in [0.2, 0.25) is 0 Å². The molecule has 3 nitrogen and oxygen atoms in total. The summed E-state index contributed by atoms with van der Waals surface area (Å²) in [5.41, 5.74) is 1.81. The van der Waals surface area contributed by atoms with E-state index in [2.05, 4.69) is 25.2 Å². The maximum atomic E-state index is 10.5. The predicted molar refractivity (Wildman–Crippen MR) is 73.1 cm³/mol.